The number of fused-ring (bicyclic) bond motifs is 1. The van der Waals surface area contributed by atoms with Gasteiger partial charge in [0, 0.05) is 48.1 Å². The van der Waals surface area contributed by atoms with E-state index in [1.54, 1.807) is 35.3 Å². The van der Waals surface area contributed by atoms with Gasteiger partial charge in [0.25, 0.3) is 5.91 Å². The highest BCUT2D eigenvalue weighted by Crippen LogP contribution is 2.32. The number of nitrogens with zero attached hydrogens (tertiary/aromatic N) is 6. The van der Waals surface area contributed by atoms with Crippen LogP contribution < -0.4 is 10.6 Å². The number of rotatable bonds is 5. The van der Waals surface area contributed by atoms with E-state index in [2.05, 4.69) is 26.0 Å². The van der Waals surface area contributed by atoms with E-state index in [1.165, 1.54) is 9.58 Å². The Balaban J connectivity index is 1.29. The van der Waals surface area contributed by atoms with Gasteiger partial charge in [0.15, 0.2) is 0 Å². The minimum Gasteiger partial charge on any atom is -0.324 e. The minimum absolute atomic E-state index is 0.0687. The molecule has 1 fully saturated rings. The summed E-state index contributed by atoms with van der Waals surface area (Å²) in [4.78, 5) is 50.8. The number of carbonyl (C=O) groups excluding carboxylic acids is 4. The highest BCUT2D eigenvalue weighted by molar-refractivity contribution is 6.06. The molecule has 12 nitrogen and oxygen atoms in total. The molecule has 0 radical (unpaired) electrons. The highest BCUT2D eigenvalue weighted by Gasteiger charge is 2.39. The summed E-state index contributed by atoms with van der Waals surface area (Å²) < 4.78 is 3.16. The van der Waals surface area contributed by atoms with Crippen molar-refractivity contribution in [2.75, 3.05) is 5.32 Å². The molecule has 0 bridgehead atoms. The van der Waals surface area contributed by atoms with Crippen molar-refractivity contribution >= 4 is 29.3 Å². The molecule has 1 unspecified atom stereocenters. The molecule has 2 aromatic heterocycles. The van der Waals surface area contributed by atoms with Gasteiger partial charge in [0.05, 0.1) is 12.4 Å². The molecule has 174 valence electrons. The largest absolute Gasteiger partial charge is 0.324 e. The summed E-state index contributed by atoms with van der Waals surface area (Å²) in [5, 5.41) is 17.5. The monoisotopic (exact) mass is 462 g/mol. The fraction of sp³-hybridized carbons (Fsp3) is 0.318. The lowest BCUT2D eigenvalue weighted by Crippen LogP contribution is -2.52. The van der Waals surface area contributed by atoms with E-state index < -0.39 is 11.9 Å². The molecule has 1 atom stereocenters. The first-order valence-corrected chi connectivity index (χ1v) is 10.8. The van der Waals surface area contributed by atoms with Crippen molar-refractivity contribution in [3.05, 3.63) is 47.4 Å². The van der Waals surface area contributed by atoms with Gasteiger partial charge in [-0.15, -0.1) is 5.10 Å². The van der Waals surface area contributed by atoms with Crippen LogP contribution in [-0.2, 0) is 34.5 Å². The van der Waals surface area contributed by atoms with Crippen molar-refractivity contribution in [3.63, 3.8) is 0 Å². The van der Waals surface area contributed by atoms with Crippen molar-refractivity contribution in [2.24, 2.45) is 7.05 Å². The van der Waals surface area contributed by atoms with Gasteiger partial charge in [0.2, 0.25) is 17.7 Å². The predicted octanol–water partition coefficient (Wildman–Crippen LogP) is 0.387. The Morgan fingerprint density at radius 1 is 1.24 bits per heavy atom. The van der Waals surface area contributed by atoms with Crippen LogP contribution in [0.15, 0.2) is 30.6 Å². The third kappa shape index (κ3) is 3.72. The number of nitrogens with one attached hydrogen (secondary N) is 2. The van der Waals surface area contributed by atoms with Crippen LogP contribution in [0.4, 0.5) is 5.69 Å². The first-order valence-electron chi connectivity index (χ1n) is 10.8. The van der Waals surface area contributed by atoms with Crippen LogP contribution >= 0.6 is 0 Å². The number of carbonyl (C=O) groups is 4. The fourth-order valence-electron chi connectivity index (χ4n) is 4.29. The maximum atomic E-state index is 12.9. The second kappa shape index (κ2) is 8.21. The molecule has 2 aliphatic rings. The second-order valence-corrected chi connectivity index (χ2v) is 8.35. The molecule has 4 amide bonds. The van der Waals surface area contributed by atoms with Gasteiger partial charge in [-0.2, -0.15) is 5.10 Å². The van der Waals surface area contributed by atoms with Gasteiger partial charge in [-0.05, 0) is 25.5 Å². The molecule has 1 aromatic carbocycles. The summed E-state index contributed by atoms with van der Waals surface area (Å²) >= 11 is 0. The Hall–Kier alpha value is -4.35. The van der Waals surface area contributed by atoms with Gasteiger partial charge >= 0.3 is 0 Å². The summed E-state index contributed by atoms with van der Waals surface area (Å²) in [6.07, 6.45) is 3.82. The summed E-state index contributed by atoms with van der Waals surface area (Å²) in [5.74, 6) is -1.45. The third-order valence-electron chi connectivity index (χ3n) is 6.21. The van der Waals surface area contributed by atoms with E-state index >= 15 is 0 Å². The third-order valence-corrected chi connectivity index (χ3v) is 6.21. The summed E-state index contributed by atoms with van der Waals surface area (Å²) in [7, 11) is 1.83. The number of anilines is 1. The molecule has 0 spiro atoms. The van der Waals surface area contributed by atoms with E-state index in [1.807, 2.05) is 14.0 Å². The van der Waals surface area contributed by atoms with E-state index in [-0.39, 0.29) is 43.7 Å². The number of piperidine rings is 1. The topological polar surface area (TPSA) is 144 Å². The van der Waals surface area contributed by atoms with Crippen molar-refractivity contribution in [2.45, 2.75) is 38.9 Å². The fourth-order valence-corrected chi connectivity index (χ4v) is 4.29. The average Bonchev–Trinajstić information content (AvgIpc) is 3.48. The smallest absolute Gasteiger partial charge is 0.255 e. The zero-order valence-corrected chi connectivity index (χ0v) is 18.6. The zero-order chi connectivity index (χ0) is 24.0. The molecule has 5 rings (SSSR count). The predicted molar refractivity (Wildman–Crippen MR) is 118 cm³/mol. The van der Waals surface area contributed by atoms with Crippen molar-refractivity contribution in [1.29, 1.82) is 0 Å². The lowest BCUT2D eigenvalue weighted by atomic mass is 10.0. The Kier molecular flexibility index (Phi) is 5.19. The maximum Gasteiger partial charge on any atom is 0.255 e. The molecule has 0 aliphatic carbocycles. The van der Waals surface area contributed by atoms with Crippen LogP contribution in [-0.4, -0.2) is 59.3 Å². The molecule has 34 heavy (non-hydrogen) atoms. The lowest BCUT2D eigenvalue weighted by Gasteiger charge is -2.29. The normalized spacial score (nSPS) is 17.6. The van der Waals surface area contributed by atoms with Crippen LogP contribution in [0.2, 0.25) is 0 Å². The minimum atomic E-state index is -0.717. The number of benzene rings is 1. The van der Waals surface area contributed by atoms with Crippen molar-refractivity contribution in [1.82, 2.24) is 35.0 Å². The van der Waals surface area contributed by atoms with E-state index in [4.69, 9.17) is 0 Å². The maximum absolute atomic E-state index is 12.9. The Morgan fingerprint density at radius 3 is 2.79 bits per heavy atom. The van der Waals surface area contributed by atoms with Crippen LogP contribution in [0.3, 0.4) is 0 Å². The Bertz CT molecular complexity index is 1340. The standard InChI is InChI=1S/C22H22N8O4/c1-12-14(8-23-28(12)2)17-10-29(27-26-17)11-20(32)24-16-5-3-4-13-15(16)9-30(22(13)34)18-6-7-19(31)25-21(18)33/h3-5,8,10,18H,6-7,9,11H2,1-2H3,(H,24,32)(H,25,31,33). The van der Waals surface area contributed by atoms with Crippen LogP contribution in [0.5, 0.6) is 0 Å². The Morgan fingerprint density at radius 2 is 2.06 bits per heavy atom. The first kappa shape index (κ1) is 21.5. The van der Waals surface area contributed by atoms with Crippen LogP contribution in [0, 0.1) is 6.92 Å². The van der Waals surface area contributed by atoms with Crippen LogP contribution in [0.25, 0.3) is 11.3 Å². The quantitative estimate of drug-likeness (QED) is 0.522. The molecule has 4 heterocycles. The molecule has 12 heteroatoms. The summed E-state index contributed by atoms with van der Waals surface area (Å²) in [6, 6.07) is 4.34. The summed E-state index contributed by atoms with van der Waals surface area (Å²) in [5.41, 5.74) is 3.94. The SMILES string of the molecule is Cc1c(-c2cn(CC(=O)Nc3cccc4c3CN(C3CCC(=O)NC3=O)C4=O)nn2)cnn1C. The molecule has 1 saturated heterocycles. The number of hydrogen-bond acceptors (Lipinski definition) is 7. The number of imide groups is 1. The van der Waals surface area contributed by atoms with Gasteiger partial charge in [-0.1, -0.05) is 11.3 Å². The molecular weight excluding hydrogens is 440 g/mol. The van der Waals surface area contributed by atoms with Gasteiger partial charge in [-0.3, -0.25) is 29.2 Å². The van der Waals surface area contributed by atoms with Crippen molar-refractivity contribution < 1.29 is 19.2 Å². The van der Waals surface area contributed by atoms with Gasteiger partial charge in [-0.25, -0.2) is 4.68 Å². The molecule has 0 saturated carbocycles. The first-order chi connectivity index (χ1) is 16.3. The van der Waals surface area contributed by atoms with Gasteiger partial charge < -0.3 is 10.2 Å². The lowest BCUT2D eigenvalue weighted by molar-refractivity contribution is -0.137. The zero-order valence-electron chi connectivity index (χ0n) is 18.6. The molecular formula is C22H22N8O4. The van der Waals surface area contributed by atoms with Gasteiger partial charge in [0.1, 0.15) is 18.3 Å². The van der Waals surface area contributed by atoms with E-state index in [0.717, 1.165) is 11.3 Å². The molecule has 3 aromatic rings. The number of aryl methyl sites for hydroxylation is 1. The average molecular weight is 462 g/mol. The number of hydrogen-bond donors (Lipinski definition) is 2. The number of aromatic nitrogens is 5. The van der Waals surface area contributed by atoms with E-state index in [0.29, 0.717) is 22.5 Å². The Labute approximate surface area is 193 Å². The second-order valence-electron chi connectivity index (χ2n) is 8.35. The van der Waals surface area contributed by atoms with E-state index in [9.17, 15) is 19.2 Å². The molecule has 2 N–H and O–H groups in total. The van der Waals surface area contributed by atoms with Crippen LogP contribution in [0.1, 0.15) is 34.5 Å². The highest BCUT2D eigenvalue weighted by atomic mass is 16.2. The van der Waals surface area contributed by atoms with Crippen molar-refractivity contribution in [3.8, 4) is 11.3 Å². The molecule has 2 aliphatic heterocycles. The summed E-state index contributed by atoms with van der Waals surface area (Å²) in [6.45, 7) is 2.02. The number of amides is 4.